The fourth-order valence-electron chi connectivity index (χ4n) is 0.200. The zero-order valence-electron chi connectivity index (χ0n) is 4.54. The first kappa shape index (κ1) is 9.83. The number of hydrogen-bond acceptors (Lipinski definition) is 1. The molecule has 0 heterocycles. The third kappa shape index (κ3) is 2.22. The van der Waals surface area contributed by atoms with Crippen molar-refractivity contribution in [1.82, 2.24) is 0 Å². The average molecular weight is 178 g/mol. The van der Waals surface area contributed by atoms with Gasteiger partial charge in [-0.25, -0.2) is 0 Å². The Morgan fingerprint density at radius 1 is 1.10 bits per heavy atom. The van der Waals surface area contributed by atoms with Gasteiger partial charge in [-0.15, -0.1) is 0 Å². The van der Waals surface area contributed by atoms with Crippen molar-refractivity contribution in [1.29, 1.82) is 0 Å². The van der Waals surface area contributed by atoms with Gasteiger partial charge in [0.05, 0.1) is 0 Å². The number of alkyl halides is 5. The van der Waals surface area contributed by atoms with Crippen molar-refractivity contribution in [2.45, 2.75) is 18.1 Å². The normalized spacial score (nSPS) is 13.8. The van der Waals surface area contributed by atoms with Gasteiger partial charge >= 0.3 is 12.1 Å². The standard InChI is InChI=1S/C3H3F5OSi/c4-2(5,1-10-9)3(6,7)8/h9H,1H2. The van der Waals surface area contributed by atoms with E-state index in [1.54, 1.807) is 0 Å². The summed E-state index contributed by atoms with van der Waals surface area (Å²) in [6.07, 6.45) is -5.54. The molecule has 0 saturated heterocycles. The summed E-state index contributed by atoms with van der Waals surface area (Å²) in [5.41, 5.74) is 0. The van der Waals surface area contributed by atoms with Crippen molar-refractivity contribution in [3.63, 3.8) is 0 Å². The summed E-state index contributed by atoms with van der Waals surface area (Å²) in [5.74, 6) is -4.75. The van der Waals surface area contributed by atoms with Gasteiger partial charge in [-0.1, -0.05) is 0 Å². The highest BCUT2D eigenvalue weighted by Gasteiger charge is 2.56. The van der Waals surface area contributed by atoms with Crippen LogP contribution in [0.25, 0.3) is 0 Å². The predicted octanol–water partition coefficient (Wildman–Crippen LogP) is 1.21. The Morgan fingerprint density at radius 2 is 1.50 bits per heavy atom. The van der Waals surface area contributed by atoms with Crippen LogP contribution < -0.4 is 0 Å². The van der Waals surface area contributed by atoms with Crippen molar-refractivity contribution in [2.75, 3.05) is 0 Å². The summed E-state index contributed by atoms with van der Waals surface area (Å²) in [6, 6.07) is -1.55. The minimum absolute atomic E-state index is 1.39. The maximum Gasteiger partial charge on any atom is 0.452 e. The van der Waals surface area contributed by atoms with Crippen LogP contribution in [0.1, 0.15) is 0 Å². The lowest BCUT2D eigenvalue weighted by molar-refractivity contribution is -0.273. The Labute approximate surface area is 55.8 Å². The van der Waals surface area contributed by atoms with Gasteiger partial charge in [-0.05, 0) is 0 Å². The Balaban J connectivity index is 4.10. The Kier molecular flexibility index (Phi) is 2.78. The fraction of sp³-hybridized carbons (Fsp3) is 1.00. The van der Waals surface area contributed by atoms with Crippen molar-refractivity contribution in [2.24, 2.45) is 0 Å². The van der Waals surface area contributed by atoms with Crippen LogP contribution in [0.2, 0.25) is 6.04 Å². The van der Waals surface area contributed by atoms with E-state index < -0.39 is 27.9 Å². The van der Waals surface area contributed by atoms with E-state index in [9.17, 15) is 22.0 Å². The van der Waals surface area contributed by atoms with E-state index >= 15 is 0 Å². The molecular weight excluding hydrogens is 175 g/mol. The quantitative estimate of drug-likeness (QED) is 0.497. The molecule has 0 aromatic heterocycles. The molecule has 0 aromatic rings. The number of hydrogen-bond donors (Lipinski definition) is 1. The van der Waals surface area contributed by atoms with E-state index in [0.29, 0.717) is 0 Å². The lowest BCUT2D eigenvalue weighted by atomic mass is 10.4. The topological polar surface area (TPSA) is 20.2 Å². The van der Waals surface area contributed by atoms with Gasteiger partial charge in [0.25, 0.3) is 0 Å². The first-order valence-electron chi connectivity index (χ1n) is 2.13. The summed E-state index contributed by atoms with van der Waals surface area (Å²) in [4.78, 5) is 7.81. The van der Waals surface area contributed by atoms with Crippen LogP contribution in [-0.4, -0.2) is 26.7 Å². The highest BCUT2D eigenvalue weighted by atomic mass is 28.2. The van der Waals surface area contributed by atoms with E-state index in [0.717, 1.165) is 0 Å². The van der Waals surface area contributed by atoms with Crippen LogP contribution in [0.4, 0.5) is 22.0 Å². The molecule has 60 valence electrons. The van der Waals surface area contributed by atoms with Gasteiger partial charge in [-0.3, -0.25) is 0 Å². The first-order valence-corrected chi connectivity index (χ1v) is 3.28. The fourth-order valence-corrected chi connectivity index (χ4v) is 0.599. The summed E-state index contributed by atoms with van der Waals surface area (Å²) < 4.78 is 56.8. The van der Waals surface area contributed by atoms with Gasteiger partial charge in [0.15, 0.2) is 0 Å². The maximum atomic E-state index is 11.7. The smallest absolute Gasteiger partial charge is 0.431 e. The highest BCUT2D eigenvalue weighted by Crippen LogP contribution is 2.37. The van der Waals surface area contributed by atoms with Gasteiger partial charge < -0.3 is 4.80 Å². The molecule has 0 rings (SSSR count). The number of halogens is 5. The molecule has 0 spiro atoms. The minimum atomic E-state index is -5.54. The lowest BCUT2D eigenvalue weighted by Crippen LogP contribution is -2.37. The van der Waals surface area contributed by atoms with Gasteiger partial charge in [0.2, 0.25) is 9.76 Å². The van der Waals surface area contributed by atoms with Crippen molar-refractivity contribution < 1.29 is 26.7 Å². The second-order valence-electron chi connectivity index (χ2n) is 1.54. The molecule has 0 fully saturated rings. The Hall–Kier alpha value is -0.173. The van der Waals surface area contributed by atoms with E-state index in [-0.39, 0.29) is 0 Å². The van der Waals surface area contributed by atoms with E-state index in [4.69, 9.17) is 4.80 Å². The highest BCUT2D eigenvalue weighted by molar-refractivity contribution is 6.25. The largest absolute Gasteiger partial charge is 0.452 e. The third-order valence-electron chi connectivity index (χ3n) is 0.716. The third-order valence-corrected chi connectivity index (χ3v) is 1.32. The lowest BCUT2D eigenvalue weighted by Gasteiger charge is -2.17. The average Bonchev–Trinajstić information content (AvgIpc) is 1.61. The zero-order chi connectivity index (χ0) is 8.41. The minimum Gasteiger partial charge on any atom is -0.431 e. The SMILES string of the molecule is O[Si]CC(F)(F)C(F)(F)F. The molecule has 0 bridgehead atoms. The van der Waals surface area contributed by atoms with Crippen molar-refractivity contribution >= 4 is 9.76 Å². The van der Waals surface area contributed by atoms with Crippen molar-refractivity contribution in [3.8, 4) is 0 Å². The molecule has 2 radical (unpaired) electrons. The molecule has 7 heteroatoms. The number of rotatable bonds is 2. The molecule has 1 nitrogen and oxygen atoms in total. The van der Waals surface area contributed by atoms with Crippen LogP contribution in [-0.2, 0) is 0 Å². The molecule has 1 N–H and O–H groups in total. The molecular formula is C3H3F5OSi. The van der Waals surface area contributed by atoms with E-state index in [1.807, 2.05) is 0 Å². The zero-order valence-corrected chi connectivity index (χ0v) is 5.54. The molecule has 0 aliphatic rings. The van der Waals surface area contributed by atoms with E-state index in [1.165, 1.54) is 0 Å². The molecule has 0 unspecified atom stereocenters. The molecule has 0 aliphatic carbocycles. The van der Waals surface area contributed by atoms with Gasteiger partial charge in [0.1, 0.15) is 0 Å². The molecule has 10 heavy (non-hydrogen) atoms. The Bertz CT molecular complexity index is 110. The van der Waals surface area contributed by atoms with Crippen LogP contribution >= 0.6 is 0 Å². The van der Waals surface area contributed by atoms with Crippen LogP contribution in [0, 0.1) is 0 Å². The molecule has 0 amide bonds. The van der Waals surface area contributed by atoms with Crippen LogP contribution in [0.15, 0.2) is 0 Å². The van der Waals surface area contributed by atoms with Crippen LogP contribution in [0.3, 0.4) is 0 Å². The molecule has 0 aliphatic heterocycles. The monoisotopic (exact) mass is 178 g/mol. The van der Waals surface area contributed by atoms with Crippen molar-refractivity contribution in [3.05, 3.63) is 0 Å². The van der Waals surface area contributed by atoms with E-state index in [2.05, 4.69) is 0 Å². The second kappa shape index (κ2) is 2.83. The summed E-state index contributed by atoms with van der Waals surface area (Å²) in [6.45, 7) is 0. The second-order valence-corrected chi connectivity index (χ2v) is 2.21. The summed E-state index contributed by atoms with van der Waals surface area (Å²) in [5, 5.41) is 0. The maximum absolute atomic E-state index is 11.7. The summed E-state index contributed by atoms with van der Waals surface area (Å²) >= 11 is 0. The molecule has 0 saturated carbocycles. The summed E-state index contributed by atoms with van der Waals surface area (Å²) in [7, 11) is -1.39. The van der Waals surface area contributed by atoms with Gasteiger partial charge in [0, 0.05) is 6.04 Å². The van der Waals surface area contributed by atoms with Crippen LogP contribution in [0.5, 0.6) is 0 Å². The first-order chi connectivity index (χ1) is 4.31. The van der Waals surface area contributed by atoms with Gasteiger partial charge in [-0.2, -0.15) is 22.0 Å². The molecule has 0 aromatic carbocycles. The predicted molar refractivity (Wildman–Crippen MR) is 23.8 cm³/mol. The Morgan fingerprint density at radius 3 is 1.60 bits per heavy atom. The molecule has 0 atom stereocenters.